The summed E-state index contributed by atoms with van der Waals surface area (Å²) in [4.78, 5) is 11.8. The van der Waals surface area contributed by atoms with E-state index in [0.29, 0.717) is 4.90 Å². The lowest BCUT2D eigenvalue weighted by Crippen LogP contribution is -2.52. The molecule has 1 saturated heterocycles. The average Bonchev–Trinajstić information content (AvgIpc) is 2.16. The van der Waals surface area contributed by atoms with Crippen molar-refractivity contribution in [1.29, 1.82) is 0 Å². The van der Waals surface area contributed by atoms with Crippen molar-refractivity contribution < 1.29 is 27.5 Å². The second kappa shape index (κ2) is 4.20. The lowest BCUT2D eigenvalue weighted by Gasteiger charge is -2.36. The Hall–Kier alpha value is -0.850. The van der Waals surface area contributed by atoms with Crippen LogP contribution in [0.1, 0.15) is 19.8 Å². The van der Waals surface area contributed by atoms with Crippen molar-refractivity contribution >= 4 is 5.91 Å². The Kier molecular flexibility index (Phi) is 3.47. The van der Waals surface area contributed by atoms with Crippen LogP contribution >= 0.6 is 0 Å². The van der Waals surface area contributed by atoms with Crippen molar-refractivity contribution in [2.45, 2.75) is 37.7 Å². The standard InChI is InChI=1S/C9H13F4NO2/c1-8(16)2-4-14(5-3-8)7(15)9(12,13)6(10)11/h6,16H,2-5H2,1H3. The van der Waals surface area contributed by atoms with E-state index in [1.165, 1.54) is 6.92 Å². The molecule has 0 aromatic rings. The van der Waals surface area contributed by atoms with Gasteiger partial charge in [-0.2, -0.15) is 8.78 Å². The van der Waals surface area contributed by atoms with E-state index in [-0.39, 0.29) is 25.9 Å². The summed E-state index contributed by atoms with van der Waals surface area (Å²) < 4.78 is 49.3. The van der Waals surface area contributed by atoms with Crippen LogP contribution < -0.4 is 0 Å². The highest BCUT2D eigenvalue weighted by Crippen LogP contribution is 2.28. The SMILES string of the molecule is CC1(O)CCN(C(=O)C(F)(F)C(F)F)CC1. The molecule has 0 atom stereocenters. The van der Waals surface area contributed by atoms with E-state index in [9.17, 15) is 27.5 Å². The Morgan fingerprint density at radius 2 is 1.81 bits per heavy atom. The topological polar surface area (TPSA) is 40.5 Å². The predicted octanol–water partition coefficient (Wildman–Crippen LogP) is 1.26. The van der Waals surface area contributed by atoms with Crippen molar-refractivity contribution in [1.82, 2.24) is 4.90 Å². The Balaban J connectivity index is 2.64. The van der Waals surface area contributed by atoms with Gasteiger partial charge < -0.3 is 10.0 Å². The minimum atomic E-state index is -4.64. The molecule has 1 rings (SSSR count). The van der Waals surface area contributed by atoms with Gasteiger partial charge in [0.2, 0.25) is 0 Å². The molecule has 1 aliphatic rings. The predicted molar refractivity (Wildman–Crippen MR) is 47.4 cm³/mol. The number of halogens is 4. The van der Waals surface area contributed by atoms with Crippen LogP contribution in [0.25, 0.3) is 0 Å². The summed E-state index contributed by atoms with van der Waals surface area (Å²) in [6.45, 7) is 1.25. The molecule has 0 spiro atoms. The smallest absolute Gasteiger partial charge is 0.383 e. The van der Waals surface area contributed by atoms with E-state index in [2.05, 4.69) is 0 Å². The summed E-state index contributed by atoms with van der Waals surface area (Å²) in [5.41, 5.74) is -1.02. The monoisotopic (exact) mass is 243 g/mol. The molecule has 0 aromatic heterocycles. The van der Waals surface area contributed by atoms with Crippen molar-refractivity contribution in [2.24, 2.45) is 0 Å². The maximum absolute atomic E-state index is 12.7. The quantitative estimate of drug-likeness (QED) is 0.742. The fourth-order valence-corrected chi connectivity index (χ4v) is 1.50. The summed E-state index contributed by atoms with van der Waals surface area (Å²) in [5, 5.41) is 9.51. The zero-order chi connectivity index (χ0) is 12.6. The number of carbonyl (C=O) groups is 1. The van der Waals surface area contributed by atoms with Crippen LogP contribution in [0.4, 0.5) is 17.6 Å². The first-order chi connectivity index (χ1) is 7.17. The number of likely N-dealkylation sites (tertiary alicyclic amines) is 1. The van der Waals surface area contributed by atoms with Crippen LogP contribution in [0.5, 0.6) is 0 Å². The minimum absolute atomic E-state index is 0.109. The van der Waals surface area contributed by atoms with Crippen molar-refractivity contribution in [3.63, 3.8) is 0 Å². The lowest BCUT2D eigenvalue weighted by molar-refractivity contribution is -0.183. The van der Waals surface area contributed by atoms with Crippen LogP contribution in [0.15, 0.2) is 0 Å². The number of alkyl halides is 4. The van der Waals surface area contributed by atoms with Gasteiger partial charge in [-0.1, -0.05) is 0 Å². The zero-order valence-electron chi connectivity index (χ0n) is 8.72. The van der Waals surface area contributed by atoms with Gasteiger partial charge in [0, 0.05) is 13.1 Å². The number of amides is 1. The fourth-order valence-electron chi connectivity index (χ4n) is 1.50. The molecule has 0 radical (unpaired) electrons. The molecule has 0 bridgehead atoms. The first kappa shape index (κ1) is 13.2. The number of nitrogens with zero attached hydrogens (tertiary/aromatic N) is 1. The van der Waals surface area contributed by atoms with Gasteiger partial charge in [-0.25, -0.2) is 8.78 Å². The molecule has 1 amide bonds. The first-order valence-corrected chi connectivity index (χ1v) is 4.84. The summed E-state index contributed by atoms with van der Waals surface area (Å²) >= 11 is 0. The average molecular weight is 243 g/mol. The van der Waals surface area contributed by atoms with Gasteiger partial charge in [-0.3, -0.25) is 4.79 Å². The van der Waals surface area contributed by atoms with E-state index in [1.807, 2.05) is 0 Å². The van der Waals surface area contributed by atoms with Gasteiger partial charge in [-0.05, 0) is 19.8 Å². The number of hydrogen-bond donors (Lipinski definition) is 1. The van der Waals surface area contributed by atoms with Crippen LogP contribution in [-0.4, -0.2) is 47.0 Å². The van der Waals surface area contributed by atoms with Gasteiger partial charge >= 0.3 is 12.3 Å². The van der Waals surface area contributed by atoms with Gasteiger partial charge in [-0.15, -0.1) is 0 Å². The maximum atomic E-state index is 12.7. The largest absolute Gasteiger partial charge is 0.390 e. The molecule has 0 aromatic carbocycles. The second-order valence-electron chi connectivity index (χ2n) is 4.21. The van der Waals surface area contributed by atoms with Crippen molar-refractivity contribution in [2.75, 3.05) is 13.1 Å². The molecule has 1 N–H and O–H groups in total. The van der Waals surface area contributed by atoms with Crippen LogP contribution in [0.3, 0.4) is 0 Å². The molecule has 16 heavy (non-hydrogen) atoms. The first-order valence-electron chi connectivity index (χ1n) is 4.84. The third-order valence-corrected chi connectivity index (χ3v) is 2.69. The number of piperidine rings is 1. The molecule has 1 fully saturated rings. The van der Waals surface area contributed by atoms with E-state index in [1.54, 1.807) is 0 Å². The van der Waals surface area contributed by atoms with Gasteiger partial charge in [0.05, 0.1) is 5.60 Å². The Bertz CT molecular complexity index is 271. The van der Waals surface area contributed by atoms with Gasteiger partial charge in [0.15, 0.2) is 0 Å². The molecule has 3 nitrogen and oxygen atoms in total. The summed E-state index contributed by atoms with van der Waals surface area (Å²) in [6.07, 6.45) is -3.78. The molecule has 7 heteroatoms. The fraction of sp³-hybridized carbons (Fsp3) is 0.889. The Morgan fingerprint density at radius 3 is 2.19 bits per heavy atom. The summed E-state index contributed by atoms with van der Waals surface area (Å²) in [7, 11) is 0. The van der Waals surface area contributed by atoms with Gasteiger partial charge in [0.25, 0.3) is 5.91 Å². The van der Waals surface area contributed by atoms with Gasteiger partial charge in [0.1, 0.15) is 0 Å². The highest BCUT2D eigenvalue weighted by atomic mass is 19.3. The molecule has 1 aliphatic heterocycles. The number of rotatable bonds is 2. The highest BCUT2D eigenvalue weighted by Gasteiger charge is 2.51. The van der Waals surface area contributed by atoms with E-state index in [0.717, 1.165) is 0 Å². The summed E-state index contributed by atoms with van der Waals surface area (Å²) in [6, 6.07) is 0. The van der Waals surface area contributed by atoms with Crippen molar-refractivity contribution in [3.05, 3.63) is 0 Å². The maximum Gasteiger partial charge on any atom is 0.383 e. The Labute approximate surface area is 90.0 Å². The van der Waals surface area contributed by atoms with Crippen LogP contribution in [0.2, 0.25) is 0 Å². The van der Waals surface area contributed by atoms with E-state index >= 15 is 0 Å². The molecule has 0 aliphatic carbocycles. The third kappa shape index (κ3) is 2.63. The number of carbonyl (C=O) groups excluding carboxylic acids is 1. The molecular formula is C9H13F4NO2. The second-order valence-corrected chi connectivity index (χ2v) is 4.21. The summed E-state index contributed by atoms with van der Waals surface area (Å²) in [5.74, 6) is -6.50. The lowest BCUT2D eigenvalue weighted by atomic mass is 9.93. The zero-order valence-corrected chi connectivity index (χ0v) is 8.72. The Morgan fingerprint density at radius 1 is 1.38 bits per heavy atom. The molecule has 1 heterocycles. The van der Waals surface area contributed by atoms with Crippen molar-refractivity contribution in [3.8, 4) is 0 Å². The van der Waals surface area contributed by atoms with Crippen LogP contribution in [0, 0.1) is 0 Å². The highest BCUT2D eigenvalue weighted by molar-refractivity contribution is 5.84. The number of hydrogen-bond acceptors (Lipinski definition) is 2. The van der Waals surface area contributed by atoms with E-state index < -0.39 is 23.9 Å². The molecule has 0 unspecified atom stereocenters. The van der Waals surface area contributed by atoms with E-state index in [4.69, 9.17) is 0 Å². The third-order valence-electron chi connectivity index (χ3n) is 2.69. The van der Waals surface area contributed by atoms with Crippen LogP contribution in [-0.2, 0) is 4.79 Å². The molecular weight excluding hydrogens is 230 g/mol. The number of aliphatic hydroxyl groups is 1. The molecule has 0 saturated carbocycles. The minimum Gasteiger partial charge on any atom is -0.390 e. The normalized spacial score (nSPS) is 21.3. The molecule has 94 valence electrons.